The number of carbonyl (C=O) groups is 2. The smallest absolute Gasteiger partial charge is 0.251 e. The number of para-hydroxylation sites is 1. The summed E-state index contributed by atoms with van der Waals surface area (Å²) in [6, 6.07) is 18.4. The Kier molecular flexibility index (Phi) is 7.85. The first-order chi connectivity index (χ1) is 20.5. The van der Waals surface area contributed by atoms with E-state index < -0.39 is 6.04 Å². The number of carbonyl (C=O) groups excluding carboxylic acids is 2. The molecular weight excluding hydrogens is 530 g/mol. The average molecular weight is 566 g/mol. The second kappa shape index (κ2) is 12.0. The standard InChI is InChI=1S/C32H35N7O3/c1-3-22-14-16-24(17-15-22)39(29(40)20-38-36-31(35-37-38)28-18-13-21(2)42-28)30(32(41)34-23-9-5-4-6-10-23)26-19-33-27-12-8-7-11-25(26)27/h7-8,11-19,23,30,33H,3-6,9-10,20H2,1-2H3,(H,34,41). The molecule has 1 saturated carbocycles. The summed E-state index contributed by atoms with van der Waals surface area (Å²) in [6.07, 6.45) is 7.91. The van der Waals surface area contributed by atoms with Crippen molar-refractivity contribution in [3.63, 3.8) is 0 Å². The molecule has 0 aliphatic heterocycles. The van der Waals surface area contributed by atoms with E-state index in [-0.39, 0.29) is 30.2 Å². The molecule has 6 rings (SSSR count). The Morgan fingerprint density at radius 3 is 2.60 bits per heavy atom. The van der Waals surface area contributed by atoms with Crippen LogP contribution in [0.2, 0.25) is 0 Å². The highest BCUT2D eigenvalue weighted by atomic mass is 16.3. The number of anilines is 1. The molecular formula is C32H35N7O3. The molecule has 0 spiro atoms. The molecule has 1 fully saturated rings. The van der Waals surface area contributed by atoms with Gasteiger partial charge in [-0.15, -0.1) is 10.2 Å². The van der Waals surface area contributed by atoms with Crippen molar-refractivity contribution in [2.75, 3.05) is 4.90 Å². The van der Waals surface area contributed by atoms with Gasteiger partial charge >= 0.3 is 0 Å². The molecule has 10 heteroatoms. The van der Waals surface area contributed by atoms with Gasteiger partial charge in [-0.1, -0.05) is 56.5 Å². The molecule has 2 amide bonds. The molecule has 5 aromatic rings. The Morgan fingerprint density at radius 1 is 1.07 bits per heavy atom. The van der Waals surface area contributed by atoms with Gasteiger partial charge in [-0.25, -0.2) is 0 Å². The Morgan fingerprint density at radius 2 is 1.86 bits per heavy atom. The van der Waals surface area contributed by atoms with Crippen LogP contribution in [-0.2, 0) is 22.6 Å². The van der Waals surface area contributed by atoms with Gasteiger partial charge in [0, 0.05) is 34.4 Å². The van der Waals surface area contributed by atoms with Crippen LogP contribution < -0.4 is 10.2 Å². The molecule has 3 aromatic heterocycles. The molecule has 0 radical (unpaired) electrons. The molecule has 2 N–H and O–H groups in total. The maximum Gasteiger partial charge on any atom is 0.251 e. The lowest BCUT2D eigenvalue weighted by molar-refractivity contribution is -0.127. The van der Waals surface area contributed by atoms with Crippen molar-refractivity contribution >= 4 is 28.4 Å². The molecule has 0 saturated heterocycles. The van der Waals surface area contributed by atoms with Crippen molar-refractivity contribution in [2.24, 2.45) is 0 Å². The Bertz CT molecular complexity index is 1680. The van der Waals surface area contributed by atoms with E-state index in [9.17, 15) is 9.59 Å². The van der Waals surface area contributed by atoms with Crippen LogP contribution in [-0.4, -0.2) is 43.0 Å². The number of H-pyrrole nitrogens is 1. The molecule has 1 atom stereocenters. The van der Waals surface area contributed by atoms with E-state index in [1.165, 1.54) is 11.2 Å². The number of fused-ring (bicyclic) bond motifs is 1. The lowest BCUT2D eigenvalue weighted by Gasteiger charge is -2.33. The SMILES string of the molecule is CCc1ccc(N(C(=O)Cn2nnc(-c3ccc(C)o3)n2)C(C(=O)NC2CCCCC2)c2c[nH]c3ccccc23)cc1. The number of nitrogens with zero attached hydrogens (tertiary/aromatic N) is 5. The third-order valence-corrected chi connectivity index (χ3v) is 7.96. The molecule has 10 nitrogen and oxygen atoms in total. The van der Waals surface area contributed by atoms with E-state index in [2.05, 4.69) is 32.6 Å². The van der Waals surface area contributed by atoms with Crippen molar-refractivity contribution in [1.82, 2.24) is 30.5 Å². The first-order valence-corrected chi connectivity index (χ1v) is 14.6. The lowest BCUT2D eigenvalue weighted by atomic mass is 9.94. The van der Waals surface area contributed by atoms with E-state index in [0.717, 1.165) is 59.9 Å². The zero-order valence-corrected chi connectivity index (χ0v) is 23.9. The molecule has 1 aliphatic carbocycles. The fourth-order valence-corrected chi connectivity index (χ4v) is 5.73. The van der Waals surface area contributed by atoms with Crippen LogP contribution >= 0.6 is 0 Å². The van der Waals surface area contributed by atoms with Gasteiger partial charge in [0.25, 0.3) is 5.91 Å². The molecule has 0 bridgehead atoms. The van der Waals surface area contributed by atoms with Crippen LogP contribution in [0.3, 0.4) is 0 Å². The minimum Gasteiger partial charge on any atom is -0.458 e. The van der Waals surface area contributed by atoms with Gasteiger partial charge in [0.2, 0.25) is 11.7 Å². The van der Waals surface area contributed by atoms with E-state index >= 15 is 0 Å². The topological polar surface area (TPSA) is 122 Å². The second-order valence-corrected chi connectivity index (χ2v) is 10.9. The highest BCUT2D eigenvalue weighted by Gasteiger charge is 2.36. The van der Waals surface area contributed by atoms with E-state index in [4.69, 9.17) is 4.42 Å². The van der Waals surface area contributed by atoms with Crippen molar-refractivity contribution in [3.05, 3.63) is 83.7 Å². The minimum atomic E-state index is -0.918. The highest BCUT2D eigenvalue weighted by molar-refractivity contribution is 6.03. The third kappa shape index (κ3) is 5.70. The normalized spacial score (nSPS) is 14.6. The molecule has 42 heavy (non-hydrogen) atoms. The zero-order valence-electron chi connectivity index (χ0n) is 23.9. The summed E-state index contributed by atoms with van der Waals surface area (Å²) in [7, 11) is 0. The van der Waals surface area contributed by atoms with Crippen LogP contribution in [0.5, 0.6) is 0 Å². The minimum absolute atomic E-state index is 0.0784. The number of rotatable bonds is 9. The summed E-state index contributed by atoms with van der Waals surface area (Å²) in [5.74, 6) is 0.940. The van der Waals surface area contributed by atoms with E-state index in [1.807, 2.05) is 67.7 Å². The van der Waals surface area contributed by atoms with Gasteiger partial charge < -0.3 is 14.7 Å². The number of aromatic nitrogens is 5. The van der Waals surface area contributed by atoms with Gasteiger partial charge in [0.15, 0.2) is 5.76 Å². The maximum absolute atomic E-state index is 14.3. The number of amides is 2. The highest BCUT2D eigenvalue weighted by Crippen LogP contribution is 2.34. The summed E-state index contributed by atoms with van der Waals surface area (Å²) in [5, 5.41) is 16.8. The summed E-state index contributed by atoms with van der Waals surface area (Å²) < 4.78 is 5.63. The molecule has 3 heterocycles. The van der Waals surface area contributed by atoms with Crippen molar-refractivity contribution in [2.45, 2.75) is 71.0 Å². The van der Waals surface area contributed by atoms with E-state index in [1.54, 1.807) is 11.0 Å². The van der Waals surface area contributed by atoms with Crippen LogP contribution in [0, 0.1) is 6.92 Å². The number of nitrogens with one attached hydrogen (secondary N) is 2. The van der Waals surface area contributed by atoms with E-state index in [0.29, 0.717) is 11.4 Å². The maximum atomic E-state index is 14.3. The van der Waals surface area contributed by atoms with Crippen LogP contribution in [0.1, 0.15) is 62.0 Å². The summed E-state index contributed by atoms with van der Waals surface area (Å²) in [5.41, 5.74) is 3.38. The second-order valence-electron chi connectivity index (χ2n) is 10.9. The predicted octanol–water partition coefficient (Wildman–Crippen LogP) is 5.51. The predicted molar refractivity (Wildman–Crippen MR) is 160 cm³/mol. The number of hydrogen-bond donors (Lipinski definition) is 2. The summed E-state index contributed by atoms with van der Waals surface area (Å²) >= 11 is 0. The number of tetrazole rings is 1. The number of aryl methyl sites for hydroxylation is 2. The van der Waals surface area contributed by atoms with Crippen molar-refractivity contribution in [3.8, 4) is 11.6 Å². The number of hydrogen-bond acceptors (Lipinski definition) is 6. The number of furan rings is 1. The molecule has 216 valence electrons. The monoisotopic (exact) mass is 565 g/mol. The third-order valence-electron chi connectivity index (χ3n) is 7.96. The quantitative estimate of drug-likeness (QED) is 0.243. The summed E-state index contributed by atoms with van der Waals surface area (Å²) in [6.45, 7) is 3.71. The zero-order chi connectivity index (χ0) is 29.1. The van der Waals surface area contributed by atoms with Gasteiger partial charge in [0.05, 0.1) is 0 Å². The Balaban J connectivity index is 1.40. The Labute approximate surface area is 244 Å². The molecule has 1 aliphatic rings. The molecule has 2 aromatic carbocycles. The van der Waals surface area contributed by atoms with Gasteiger partial charge in [-0.3, -0.25) is 14.5 Å². The molecule has 1 unspecified atom stereocenters. The van der Waals surface area contributed by atoms with Gasteiger partial charge in [0.1, 0.15) is 18.3 Å². The first kappa shape index (κ1) is 27.4. The first-order valence-electron chi connectivity index (χ1n) is 14.6. The Hall–Kier alpha value is -4.73. The van der Waals surface area contributed by atoms with Crippen molar-refractivity contribution < 1.29 is 14.0 Å². The summed E-state index contributed by atoms with van der Waals surface area (Å²) in [4.78, 5) is 34.6. The average Bonchev–Trinajstić information content (AvgIpc) is 3.76. The van der Waals surface area contributed by atoms with Gasteiger partial charge in [-0.2, -0.15) is 4.80 Å². The lowest BCUT2D eigenvalue weighted by Crippen LogP contribution is -2.48. The van der Waals surface area contributed by atoms with Gasteiger partial charge in [-0.05, 0) is 67.3 Å². The van der Waals surface area contributed by atoms with Crippen LogP contribution in [0.15, 0.2) is 71.3 Å². The largest absolute Gasteiger partial charge is 0.458 e. The van der Waals surface area contributed by atoms with Crippen LogP contribution in [0.25, 0.3) is 22.5 Å². The fraction of sp³-hybridized carbons (Fsp3) is 0.344. The number of benzene rings is 2. The van der Waals surface area contributed by atoms with Crippen molar-refractivity contribution in [1.29, 1.82) is 0 Å². The number of aromatic amines is 1. The van der Waals surface area contributed by atoms with Crippen LogP contribution in [0.4, 0.5) is 5.69 Å². The fourth-order valence-electron chi connectivity index (χ4n) is 5.73.